The van der Waals surface area contributed by atoms with E-state index in [1.165, 1.54) is 0 Å². The van der Waals surface area contributed by atoms with Gasteiger partial charge in [0.15, 0.2) is 0 Å². The number of fused-ring (bicyclic) bond motifs is 2. The molecule has 3 fully saturated rings. The van der Waals surface area contributed by atoms with Gasteiger partial charge in [-0.15, -0.1) is 0 Å². The Morgan fingerprint density at radius 1 is 1.14 bits per heavy atom. The summed E-state index contributed by atoms with van der Waals surface area (Å²) in [6.07, 6.45) is 0.863. The van der Waals surface area contributed by atoms with Crippen molar-refractivity contribution in [3.05, 3.63) is 29.8 Å². The van der Waals surface area contributed by atoms with E-state index in [0.29, 0.717) is 12.3 Å². The minimum absolute atomic E-state index is 0.0526. The monoisotopic (exact) mass is 324 g/mol. The van der Waals surface area contributed by atoms with Gasteiger partial charge in [0.2, 0.25) is 0 Å². The molecule has 4 atom stereocenters. The Morgan fingerprint density at radius 2 is 1.73 bits per heavy atom. The summed E-state index contributed by atoms with van der Waals surface area (Å²) in [5, 5.41) is 10.8. The van der Waals surface area contributed by atoms with Gasteiger partial charge in [0.05, 0.1) is 10.5 Å². The Morgan fingerprint density at radius 3 is 2.23 bits per heavy atom. The molecule has 3 aliphatic rings. The average Bonchev–Trinajstić information content (AvgIpc) is 2.40. The Labute approximate surface area is 132 Å². The zero-order valence-electron chi connectivity index (χ0n) is 13.5. The van der Waals surface area contributed by atoms with Gasteiger partial charge in [-0.05, 0) is 56.1 Å². The molecule has 0 amide bonds. The molecule has 3 saturated carbocycles. The first kappa shape index (κ1) is 16.0. The Bertz CT molecular complexity index is 673. The molecule has 22 heavy (non-hydrogen) atoms. The van der Waals surface area contributed by atoms with E-state index in [-0.39, 0.29) is 16.2 Å². The number of benzene rings is 1. The molecule has 0 aliphatic heterocycles. The fourth-order valence-electron chi connectivity index (χ4n) is 4.18. The quantitative estimate of drug-likeness (QED) is 0.868. The number of hydrogen-bond acceptors (Lipinski definition) is 4. The standard InChI is InChI=1S/C17H24O4S/c1-11-5-7-13(8-6-11)22(19,20)21-15-10-12-9-14(16(12,2)3)17(15,4)18/h5-8,12,14-15,18H,9-10H2,1-4H3. The van der Waals surface area contributed by atoms with Crippen molar-refractivity contribution in [3.63, 3.8) is 0 Å². The van der Waals surface area contributed by atoms with Gasteiger partial charge in [0, 0.05) is 0 Å². The van der Waals surface area contributed by atoms with Gasteiger partial charge in [0.1, 0.15) is 6.10 Å². The smallest absolute Gasteiger partial charge is 0.297 e. The molecule has 0 spiro atoms. The summed E-state index contributed by atoms with van der Waals surface area (Å²) in [5.74, 6) is 0.493. The van der Waals surface area contributed by atoms with Crippen LogP contribution in [0.15, 0.2) is 29.2 Å². The van der Waals surface area contributed by atoms with Crippen LogP contribution in [-0.2, 0) is 14.3 Å². The number of aliphatic hydroxyl groups is 1. The second-order valence-corrected chi connectivity index (χ2v) is 9.19. The highest BCUT2D eigenvalue weighted by molar-refractivity contribution is 7.86. The highest BCUT2D eigenvalue weighted by Crippen LogP contribution is 2.63. The Hall–Kier alpha value is -0.910. The second-order valence-electron chi connectivity index (χ2n) is 7.62. The van der Waals surface area contributed by atoms with Crippen LogP contribution in [-0.4, -0.2) is 25.2 Å². The van der Waals surface area contributed by atoms with Gasteiger partial charge < -0.3 is 5.11 Å². The van der Waals surface area contributed by atoms with E-state index in [1.54, 1.807) is 31.2 Å². The van der Waals surface area contributed by atoms with Gasteiger partial charge in [-0.3, -0.25) is 4.18 Å². The topological polar surface area (TPSA) is 63.6 Å². The van der Waals surface area contributed by atoms with Crippen LogP contribution in [0.5, 0.6) is 0 Å². The predicted molar refractivity (Wildman–Crippen MR) is 83.9 cm³/mol. The van der Waals surface area contributed by atoms with Crippen LogP contribution < -0.4 is 0 Å². The predicted octanol–water partition coefficient (Wildman–Crippen LogP) is 2.89. The fourth-order valence-corrected chi connectivity index (χ4v) is 5.34. The van der Waals surface area contributed by atoms with Crippen molar-refractivity contribution in [2.45, 2.75) is 57.1 Å². The maximum Gasteiger partial charge on any atom is 0.297 e. The lowest BCUT2D eigenvalue weighted by molar-refractivity contribution is -0.237. The highest BCUT2D eigenvalue weighted by Gasteiger charge is 2.64. The van der Waals surface area contributed by atoms with Crippen LogP contribution in [0.1, 0.15) is 39.2 Å². The van der Waals surface area contributed by atoms with Gasteiger partial charge >= 0.3 is 0 Å². The molecule has 1 aromatic rings. The van der Waals surface area contributed by atoms with Gasteiger partial charge in [-0.1, -0.05) is 31.5 Å². The van der Waals surface area contributed by atoms with Gasteiger partial charge in [-0.2, -0.15) is 8.42 Å². The lowest BCUT2D eigenvalue weighted by atomic mass is 9.43. The van der Waals surface area contributed by atoms with E-state index < -0.39 is 21.8 Å². The third kappa shape index (κ3) is 2.30. The first-order chi connectivity index (χ1) is 10.0. The number of rotatable bonds is 3. The zero-order chi connectivity index (χ0) is 16.3. The largest absolute Gasteiger partial charge is 0.387 e. The molecule has 0 radical (unpaired) electrons. The molecule has 0 aromatic heterocycles. The van der Waals surface area contributed by atoms with Crippen LogP contribution >= 0.6 is 0 Å². The molecule has 122 valence electrons. The lowest BCUT2D eigenvalue weighted by Gasteiger charge is -2.64. The molecule has 1 aromatic carbocycles. The first-order valence-corrected chi connectivity index (χ1v) is 9.18. The highest BCUT2D eigenvalue weighted by atomic mass is 32.2. The lowest BCUT2D eigenvalue weighted by Crippen LogP contribution is -2.67. The summed E-state index contributed by atoms with van der Waals surface area (Å²) in [5.41, 5.74) is -0.0703. The summed E-state index contributed by atoms with van der Waals surface area (Å²) in [4.78, 5) is 0.146. The summed E-state index contributed by atoms with van der Waals surface area (Å²) in [7, 11) is -3.85. The molecule has 4 unspecified atom stereocenters. The summed E-state index contributed by atoms with van der Waals surface area (Å²) < 4.78 is 30.3. The van der Waals surface area contributed by atoms with Crippen molar-refractivity contribution in [1.29, 1.82) is 0 Å². The van der Waals surface area contributed by atoms with E-state index >= 15 is 0 Å². The van der Waals surface area contributed by atoms with Crippen molar-refractivity contribution < 1.29 is 17.7 Å². The van der Waals surface area contributed by atoms with Crippen LogP contribution in [0.25, 0.3) is 0 Å². The van der Waals surface area contributed by atoms with E-state index in [2.05, 4.69) is 13.8 Å². The molecule has 5 heteroatoms. The third-order valence-corrected chi connectivity index (χ3v) is 7.21. The van der Waals surface area contributed by atoms with Crippen molar-refractivity contribution >= 4 is 10.1 Å². The SMILES string of the molecule is Cc1ccc(S(=O)(=O)OC2CC3CC(C3(C)C)C2(C)O)cc1. The van der Waals surface area contributed by atoms with Crippen LogP contribution in [0.4, 0.5) is 0 Å². The van der Waals surface area contributed by atoms with Crippen LogP contribution in [0.3, 0.4) is 0 Å². The third-order valence-electron chi connectivity index (χ3n) is 5.88. The molecule has 0 heterocycles. The van der Waals surface area contributed by atoms with Gasteiger partial charge in [0.25, 0.3) is 10.1 Å². The average molecular weight is 324 g/mol. The van der Waals surface area contributed by atoms with Crippen molar-refractivity contribution in [2.24, 2.45) is 17.3 Å². The van der Waals surface area contributed by atoms with Crippen molar-refractivity contribution in [3.8, 4) is 0 Å². The summed E-state index contributed by atoms with van der Waals surface area (Å²) >= 11 is 0. The maximum absolute atomic E-state index is 12.4. The molecule has 0 saturated heterocycles. The normalized spacial score (nSPS) is 36.7. The number of aryl methyl sites for hydroxylation is 1. The second kappa shape index (κ2) is 4.79. The number of hydrogen-bond donors (Lipinski definition) is 1. The first-order valence-electron chi connectivity index (χ1n) is 7.77. The Kier molecular flexibility index (Phi) is 3.48. The molecule has 1 N–H and O–H groups in total. The molecule has 4 rings (SSSR count). The van der Waals surface area contributed by atoms with E-state index in [9.17, 15) is 13.5 Å². The molecule has 3 aliphatic carbocycles. The minimum Gasteiger partial charge on any atom is -0.387 e. The van der Waals surface area contributed by atoms with E-state index in [1.807, 2.05) is 6.92 Å². The molecular weight excluding hydrogens is 300 g/mol. The van der Waals surface area contributed by atoms with Crippen molar-refractivity contribution in [1.82, 2.24) is 0 Å². The van der Waals surface area contributed by atoms with E-state index in [0.717, 1.165) is 12.0 Å². The Balaban J connectivity index is 1.83. The minimum atomic E-state index is -3.85. The molecule has 2 bridgehead atoms. The summed E-state index contributed by atoms with van der Waals surface area (Å²) in [6, 6.07) is 6.59. The molecular formula is C17H24O4S. The van der Waals surface area contributed by atoms with E-state index in [4.69, 9.17) is 4.18 Å². The fraction of sp³-hybridized carbons (Fsp3) is 0.647. The molecule has 4 nitrogen and oxygen atoms in total. The summed E-state index contributed by atoms with van der Waals surface area (Å²) in [6.45, 7) is 7.90. The zero-order valence-corrected chi connectivity index (χ0v) is 14.4. The van der Waals surface area contributed by atoms with Crippen LogP contribution in [0.2, 0.25) is 0 Å². The van der Waals surface area contributed by atoms with Gasteiger partial charge in [-0.25, -0.2) is 0 Å². The maximum atomic E-state index is 12.4. The van der Waals surface area contributed by atoms with Crippen molar-refractivity contribution in [2.75, 3.05) is 0 Å². The van der Waals surface area contributed by atoms with Crippen LogP contribution in [0, 0.1) is 24.2 Å².